The first-order valence-electron chi connectivity index (χ1n) is 9.78. The van der Waals surface area contributed by atoms with Crippen molar-refractivity contribution in [2.75, 3.05) is 16.8 Å². The van der Waals surface area contributed by atoms with Crippen LogP contribution in [0.3, 0.4) is 0 Å². The Hall–Kier alpha value is -4.76. The van der Waals surface area contributed by atoms with Gasteiger partial charge in [-0.25, -0.2) is 9.98 Å². The molecule has 1 aromatic heterocycles. The summed E-state index contributed by atoms with van der Waals surface area (Å²) in [5.41, 5.74) is 15.7. The van der Waals surface area contributed by atoms with Crippen molar-refractivity contribution in [3.63, 3.8) is 0 Å². The van der Waals surface area contributed by atoms with E-state index in [1.54, 1.807) is 0 Å². The molecule has 2 aromatic carbocycles. The van der Waals surface area contributed by atoms with Crippen LogP contribution in [-0.4, -0.2) is 10.9 Å². The third-order valence-electron chi connectivity index (χ3n) is 5.06. The molecule has 0 radical (unpaired) electrons. The Bertz CT molecular complexity index is 1290. The number of pyridine rings is 1. The molecule has 158 valence electrons. The molecule has 9 heteroatoms. The molecule has 0 saturated carbocycles. The Morgan fingerprint density at radius 1 is 1.16 bits per heavy atom. The second-order valence-corrected chi connectivity index (χ2v) is 7.22. The van der Waals surface area contributed by atoms with Crippen LogP contribution in [0.5, 0.6) is 5.75 Å². The van der Waals surface area contributed by atoms with Crippen molar-refractivity contribution < 1.29 is 4.74 Å². The average Bonchev–Trinajstić information content (AvgIpc) is 2.78. The largest absolute Gasteiger partial charge is 0.489 e. The first kappa shape index (κ1) is 20.5. The highest BCUT2D eigenvalue weighted by Crippen LogP contribution is 2.43. The number of fused-ring (bicyclic) bond motifs is 1. The SMILES string of the molecule is Cc1ccc(C2N=C(NC#N)Nc3nc(N)c(C#N)c(N)c32)c(OCc2ccccc2)c1. The quantitative estimate of drug-likeness (QED) is 0.367. The van der Waals surface area contributed by atoms with E-state index in [0.717, 1.165) is 11.1 Å². The smallest absolute Gasteiger partial charge is 0.211 e. The third kappa shape index (κ3) is 3.83. The van der Waals surface area contributed by atoms with Crippen molar-refractivity contribution in [3.05, 3.63) is 76.3 Å². The Labute approximate surface area is 185 Å². The van der Waals surface area contributed by atoms with Crippen LogP contribution in [0.25, 0.3) is 0 Å². The number of nitriles is 2. The van der Waals surface area contributed by atoms with Gasteiger partial charge in [-0.15, -0.1) is 0 Å². The van der Waals surface area contributed by atoms with E-state index in [0.29, 0.717) is 29.3 Å². The summed E-state index contributed by atoms with van der Waals surface area (Å²) in [6.07, 6.45) is 1.85. The topological polar surface area (TPSA) is 158 Å². The molecule has 4 rings (SSSR count). The number of aryl methyl sites for hydroxylation is 1. The number of benzene rings is 2. The minimum absolute atomic E-state index is 0.00216. The van der Waals surface area contributed by atoms with E-state index in [2.05, 4.69) is 20.6 Å². The molecule has 0 amide bonds. The molecule has 1 aliphatic rings. The summed E-state index contributed by atoms with van der Waals surface area (Å²) in [6, 6.07) is 16.9. The number of nitrogens with two attached hydrogens (primary N) is 2. The van der Waals surface area contributed by atoms with Gasteiger partial charge in [-0.1, -0.05) is 42.5 Å². The summed E-state index contributed by atoms with van der Waals surface area (Å²) < 4.78 is 6.16. The standard InChI is InChI=1S/C23H20N8O/c1-13-7-8-15(17(9-13)32-11-14-5-3-2-4-6-14)20-18-19(26)16(10-24)21(27)30-22(18)31-23(29-20)28-12-25/h2-9,20H,11H2,1H3,(H6,26,27,28,29,30,31). The summed E-state index contributed by atoms with van der Waals surface area (Å²) in [7, 11) is 0. The lowest BCUT2D eigenvalue weighted by molar-refractivity contribution is 0.302. The number of aromatic nitrogens is 1. The fourth-order valence-electron chi connectivity index (χ4n) is 3.53. The van der Waals surface area contributed by atoms with Crippen molar-refractivity contribution in [1.29, 1.82) is 10.5 Å². The summed E-state index contributed by atoms with van der Waals surface area (Å²) in [6.45, 7) is 2.33. The number of guanidine groups is 1. The first-order valence-corrected chi connectivity index (χ1v) is 9.78. The van der Waals surface area contributed by atoms with Crippen LogP contribution >= 0.6 is 0 Å². The Balaban J connectivity index is 1.84. The van der Waals surface area contributed by atoms with Crippen molar-refractivity contribution >= 4 is 23.3 Å². The van der Waals surface area contributed by atoms with Crippen molar-refractivity contribution in [2.24, 2.45) is 4.99 Å². The molecule has 0 saturated heterocycles. The molecule has 0 fully saturated rings. The minimum Gasteiger partial charge on any atom is -0.489 e. The number of nitrogens with zero attached hydrogens (tertiary/aromatic N) is 4. The molecule has 2 heterocycles. The fourth-order valence-corrected chi connectivity index (χ4v) is 3.53. The van der Waals surface area contributed by atoms with Gasteiger partial charge >= 0.3 is 0 Å². The second-order valence-electron chi connectivity index (χ2n) is 7.22. The van der Waals surface area contributed by atoms with Crippen LogP contribution in [-0.2, 0) is 6.61 Å². The molecule has 1 atom stereocenters. The number of aliphatic imine (C=N–C) groups is 1. The van der Waals surface area contributed by atoms with Gasteiger partial charge in [0.25, 0.3) is 0 Å². The van der Waals surface area contributed by atoms with Gasteiger partial charge in [0.15, 0.2) is 6.19 Å². The molecule has 0 aliphatic carbocycles. The van der Waals surface area contributed by atoms with Crippen molar-refractivity contribution in [3.8, 4) is 18.0 Å². The van der Waals surface area contributed by atoms with Crippen molar-refractivity contribution in [2.45, 2.75) is 19.6 Å². The summed E-state index contributed by atoms with van der Waals surface area (Å²) >= 11 is 0. The molecule has 6 N–H and O–H groups in total. The lowest BCUT2D eigenvalue weighted by atomic mass is 9.94. The van der Waals surface area contributed by atoms with Crippen molar-refractivity contribution in [1.82, 2.24) is 10.3 Å². The number of nitrogen functional groups attached to an aromatic ring is 2. The maximum atomic E-state index is 9.51. The van der Waals surface area contributed by atoms with Crippen LogP contribution in [0.4, 0.5) is 17.3 Å². The van der Waals surface area contributed by atoms with Gasteiger partial charge in [-0.3, -0.25) is 5.32 Å². The maximum Gasteiger partial charge on any atom is 0.211 e. The lowest BCUT2D eigenvalue weighted by Gasteiger charge is -2.27. The predicted octanol–water partition coefficient (Wildman–Crippen LogP) is 2.95. The average molecular weight is 424 g/mol. The molecular weight excluding hydrogens is 404 g/mol. The Morgan fingerprint density at radius 3 is 2.66 bits per heavy atom. The number of hydrogen-bond donors (Lipinski definition) is 4. The zero-order valence-electron chi connectivity index (χ0n) is 17.3. The van der Waals surface area contributed by atoms with Gasteiger partial charge in [0.1, 0.15) is 41.7 Å². The summed E-state index contributed by atoms with van der Waals surface area (Å²) in [4.78, 5) is 8.90. The highest BCUT2D eigenvalue weighted by Gasteiger charge is 2.31. The van der Waals surface area contributed by atoms with Gasteiger partial charge in [0.2, 0.25) is 5.96 Å². The molecule has 32 heavy (non-hydrogen) atoms. The Morgan fingerprint density at radius 2 is 1.94 bits per heavy atom. The number of ether oxygens (including phenoxy) is 1. The van der Waals surface area contributed by atoms with Crippen LogP contribution in [0.15, 0.2) is 53.5 Å². The van der Waals surface area contributed by atoms with E-state index in [1.165, 1.54) is 0 Å². The van der Waals surface area contributed by atoms with Crippen LogP contribution in [0.2, 0.25) is 0 Å². The normalized spacial score (nSPS) is 14.2. The zero-order valence-corrected chi connectivity index (χ0v) is 17.3. The minimum atomic E-state index is -0.673. The molecular formula is C23H20N8O. The monoisotopic (exact) mass is 424 g/mol. The molecule has 1 aliphatic heterocycles. The fraction of sp³-hybridized carbons (Fsp3) is 0.130. The van der Waals surface area contributed by atoms with E-state index in [1.807, 2.05) is 67.7 Å². The van der Waals surface area contributed by atoms with Crippen LogP contribution < -0.4 is 26.8 Å². The molecule has 9 nitrogen and oxygen atoms in total. The van der Waals surface area contributed by atoms with Gasteiger partial charge in [0.05, 0.1) is 5.69 Å². The highest BCUT2D eigenvalue weighted by molar-refractivity contribution is 5.98. The number of anilines is 3. The Kier molecular flexibility index (Phi) is 5.47. The van der Waals surface area contributed by atoms with Crippen LogP contribution in [0, 0.1) is 29.7 Å². The summed E-state index contributed by atoms with van der Waals surface area (Å²) in [5, 5.41) is 24.0. The van der Waals surface area contributed by atoms with E-state index in [4.69, 9.17) is 21.5 Å². The van der Waals surface area contributed by atoms with E-state index >= 15 is 0 Å². The summed E-state index contributed by atoms with van der Waals surface area (Å²) in [5.74, 6) is 1.13. The lowest BCUT2D eigenvalue weighted by Crippen LogP contribution is -2.32. The molecule has 1 unspecified atom stereocenters. The van der Waals surface area contributed by atoms with Gasteiger partial charge in [0, 0.05) is 11.1 Å². The second kappa shape index (κ2) is 8.54. The zero-order chi connectivity index (χ0) is 22.7. The van der Waals surface area contributed by atoms with Gasteiger partial charge in [-0.05, 0) is 24.1 Å². The molecule has 3 aromatic rings. The highest BCUT2D eigenvalue weighted by atomic mass is 16.5. The van der Waals surface area contributed by atoms with E-state index in [9.17, 15) is 5.26 Å². The predicted molar refractivity (Wildman–Crippen MR) is 121 cm³/mol. The molecule has 0 bridgehead atoms. The number of nitrogens with one attached hydrogen (secondary N) is 2. The van der Waals surface area contributed by atoms with E-state index < -0.39 is 6.04 Å². The maximum absolute atomic E-state index is 9.51. The van der Waals surface area contributed by atoms with Gasteiger partial charge in [-0.2, -0.15) is 10.5 Å². The number of hydrogen-bond acceptors (Lipinski definition) is 9. The molecule has 0 spiro atoms. The number of rotatable bonds is 4. The van der Waals surface area contributed by atoms with E-state index in [-0.39, 0.29) is 23.0 Å². The van der Waals surface area contributed by atoms with Gasteiger partial charge < -0.3 is 21.5 Å². The first-order chi connectivity index (χ1) is 15.5. The third-order valence-corrected chi connectivity index (χ3v) is 5.06. The van der Waals surface area contributed by atoms with Crippen LogP contribution in [0.1, 0.15) is 33.9 Å².